The second-order valence-corrected chi connectivity index (χ2v) is 6.60. The van der Waals surface area contributed by atoms with Crippen LogP contribution in [0.15, 0.2) is 48.9 Å². The van der Waals surface area contributed by atoms with Crippen molar-refractivity contribution in [3.8, 4) is 17.3 Å². The third kappa shape index (κ3) is 4.61. The number of pyridine rings is 3. The Bertz CT molecular complexity index is 1310. The van der Waals surface area contributed by atoms with E-state index in [2.05, 4.69) is 30.2 Å². The quantitative estimate of drug-likeness (QED) is 0.410. The maximum Gasteiger partial charge on any atom is 0.433 e. The van der Waals surface area contributed by atoms with Gasteiger partial charge in [-0.25, -0.2) is 9.97 Å². The monoisotopic (exact) mass is 466 g/mol. The minimum Gasteiger partial charge on any atom is -0.467 e. The molecule has 0 aromatic carbocycles. The maximum atomic E-state index is 13.4. The van der Waals surface area contributed by atoms with E-state index in [4.69, 9.17) is 4.74 Å². The molecular weight excluding hydrogens is 454 g/mol. The summed E-state index contributed by atoms with van der Waals surface area (Å²) < 4.78 is 83.4. The molecule has 1 N–H and O–H groups in total. The van der Waals surface area contributed by atoms with Crippen molar-refractivity contribution in [2.24, 2.45) is 0 Å². The molecule has 0 amide bonds. The molecule has 0 radical (unpaired) electrons. The first kappa shape index (κ1) is 22.2. The molecule has 13 heteroatoms. The smallest absolute Gasteiger partial charge is 0.433 e. The van der Waals surface area contributed by atoms with Crippen molar-refractivity contribution in [1.29, 1.82) is 0 Å². The number of rotatable bonds is 4. The van der Waals surface area contributed by atoms with E-state index in [1.807, 2.05) is 0 Å². The lowest BCUT2D eigenvalue weighted by Gasteiger charge is -2.13. The van der Waals surface area contributed by atoms with E-state index < -0.39 is 23.6 Å². The summed E-state index contributed by atoms with van der Waals surface area (Å²) in [4.78, 5) is 19.6. The molecule has 7 nitrogen and oxygen atoms in total. The molecule has 4 aromatic heterocycles. The molecule has 0 saturated carbocycles. The van der Waals surface area contributed by atoms with Crippen LogP contribution in [0.2, 0.25) is 0 Å². The van der Waals surface area contributed by atoms with Crippen LogP contribution in [-0.2, 0) is 12.4 Å². The van der Waals surface area contributed by atoms with Crippen LogP contribution in [0.5, 0.6) is 6.01 Å². The van der Waals surface area contributed by atoms with Gasteiger partial charge in [0.25, 0.3) is 0 Å². The van der Waals surface area contributed by atoms with Crippen molar-refractivity contribution in [2.45, 2.75) is 12.4 Å². The van der Waals surface area contributed by atoms with Crippen LogP contribution in [0.25, 0.3) is 22.3 Å². The molecule has 0 spiro atoms. The molecule has 4 heterocycles. The summed E-state index contributed by atoms with van der Waals surface area (Å²) >= 11 is 0. The Hall–Kier alpha value is -4.03. The van der Waals surface area contributed by atoms with Crippen molar-refractivity contribution < 1.29 is 31.1 Å². The summed E-state index contributed by atoms with van der Waals surface area (Å²) in [6, 6.07) is 5.20. The molecule has 0 atom stereocenters. The van der Waals surface area contributed by atoms with Gasteiger partial charge in [0.15, 0.2) is 5.82 Å². The number of hydrogen-bond donors (Lipinski definition) is 1. The zero-order valence-electron chi connectivity index (χ0n) is 16.5. The van der Waals surface area contributed by atoms with Crippen LogP contribution < -0.4 is 10.1 Å². The molecule has 4 rings (SSSR count). The first-order valence-corrected chi connectivity index (χ1v) is 9.11. The van der Waals surface area contributed by atoms with Gasteiger partial charge in [-0.15, -0.1) is 0 Å². The number of alkyl halides is 6. The summed E-state index contributed by atoms with van der Waals surface area (Å²) in [7, 11) is 1.28. The van der Waals surface area contributed by atoms with Crippen molar-refractivity contribution in [2.75, 3.05) is 12.4 Å². The number of hydrogen-bond acceptors (Lipinski definition) is 7. The lowest BCUT2D eigenvalue weighted by atomic mass is 10.1. The summed E-state index contributed by atoms with van der Waals surface area (Å²) in [5.41, 5.74) is -1.86. The predicted molar refractivity (Wildman–Crippen MR) is 105 cm³/mol. The highest BCUT2D eigenvalue weighted by Gasteiger charge is 2.34. The van der Waals surface area contributed by atoms with Crippen LogP contribution in [0.4, 0.5) is 37.8 Å². The van der Waals surface area contributed by atoms with E-state index in [1.54, 1.807) is 0 Å². The highest BCUT2D eigenvalue weighted by atomic mass is 19.4. The number of aromatic nitrogens is 5. The fraction of sp³-hybridized carbons (Fsp3) is 0.150. The van der Waals surface area contributed by atoms with Gasteiger partial charge >= 0.3 is 18.4 Å². The Kier molecular flexibility index (Phi) is 5.47. The van der Waals surface area contributed by atoms with Crippen LogP contribution in [0.1, 0.15) is 11.3 Å². The van der Waals surface area contributed by atoms with Gasteiger partial charge in [0, 0.05) is 18.0 Å². The Morgan fingerprint density at radius 2 is 1.67 bits per heavy atom. The van der Waals surface area contributed by atoms with Gasteiger partial charge < -0.3 is 10.1 Å². The summed E-state index contributed by atoms with van der Waals surface area (Å²) in [5, 5.41) is 2.78. The van der Waals surface area contributed by atoms with Crippen molar-refractivity contribution in [3.63, 3.8) is 0 Å². The molecule has 0 aliphatic carbocycles. The lowest BCUT2D eigenvalue weighted by Crippen LogP contribution is -2.09. The van der Waals surface area contributed by atoms with Gasteiger partial charge in [-0.3, -0.25) is 4.98 Å². The topological polar surface area (TPSA) is 85.7 Å². The second-order valence-electron chi connectivity index (χ2n) is 6.60. The summed E-state index contributed by atoms with van der Waals surface area (Å²) in [6.07, 6.45) is -5.88. The standard InChI is InChI=1S/C20H12F6N6O/c1-33-18-31-13-7-10(15-12(19(21,22)23)3-2-6-27-15)8-29-16(13)17(32-18)30-11-4-5-14(28-9-11)20(24,25)26/h2-9H,1H3,(H,30,31,32). The van der Waals surface area contributed by atoms with Gasteiger partial charge in [-0.05, 0) is 30.3 Å². The van der Waals surface area contributed by atoms with Gasteiger partial charge in [0.2, 0.25) is 0 Å². The van der Waals surface area contributed by atoms with E-state index in [0.29, 0.717) is 0 Å². The third-order valence-corrected chi connectivity index (χ3v) is 4.40. The Balaban J connectivity index is 1.77. The summed E-state index contributed by atoms with van der Waals surface area (Å²) in [5.74, 6) is 0.0574. The normalized spacial score (nSPS) is 12.1. The zero-order chi connectivity index (χ0) is 23.8. The number of methoxy groups -OCH3 is 1. The average molecular weight is 466 g/mol. The number of anilines is 2. The molecule has 0 fully saturated rings. The molecule has 0 unspecified atom stereocenters. The molecule has 0 bridgehead atoms. The lowest BCUT2D eigenvalue weighted by molar-refractivity contribution is -0.141. The van der Waals surface area contributed by atoms with Gasteiger partial charge in [-0.1, -0.05) is 0 Å². The van der Waals surface area contributed by atoms with E-state index in [1.165, 1.54) is 31.6 Å². The average Bonchev–Trinajstić information content (AvgIpc) is 2.77. The van der Waals surface area contributed by atoms with Crippen molar-refractivity contribution in [1.82, 2.24) is 24.9 Å². The zero-order valence-corrected chi connectivity index (χ0v) is 16.5. The Morgan fingerprint density at radius 3 is 2.30 bits per heavy atom. The molecule has 33 heavy (non-hydrogen) atoms. The molecule has 170 valence electrons. The van der Waals surface area contributed by atoms with Gasteiger partial charge in [0.05, 0.1) is 35.8 Å². The predicted octanol–water partition coefficient (Wildman–Crippen LogP) is 5.27. The second kappa shape index (κ2) is 8.15. The number of nitrogens with one attached hydrogen (secondary N) is 1. The number of nitrogens with zero attached hydrogens (tertiary/aromatic N) is 5. The molecule has 0 aliphatic rings. The SMILES string of the molecule is COc1nc(Nc2ccc(C(F)(F)F)nc2)c2ncc(-c3ncccc3C(F)(F)F)cc2n1. The Morgan fingerprint density at radius 1 is 0.879 bits per heavy atom. The fourth-order valence-corrected chi connectivity index (χ4v) is 2.94. The van der Waals surface area contributed by atoms with E-state index in [-0.39, 0.29) is 39.8 Å². The highest BCUT2D eigenvalue weighted by Crippen LogP contribution is 2.36. The minimum atomic E-state index is -4.63. The summed E-state index contributed by atoms with van der Waals surface area (Å²) in [6.45, 7) is 0. The molecule has 0 aliphatic heterocycles. The number of halogens is 6. The first-order chi connectivity index (χ1) is 15.6. The minimum absolute atomic E-state index is 0.0540. The maximum absolute atomic E-state index is 13.4. The fourth-order valence-electron chi connectivity index (χ4n) is 2.94. The van der Waals surface area contributed by atoms with Crippen LogP contribution >= 0.6 is 0 Å². The molecule has 0 saturated heterocycles. The molecule has 4 aromatic rings. The van der Waals surface area contributed by atoms with Crippen molar-refractivity contribution >= 4 is 22.5 Å². The first-order valence-electron chi connectivity index (χ1n) is 9.11. The van der Waals surface area contributed by atoms with E-state index in [0.717, 1.165) is 24.4 Å². The van der Waals surface area contributed by atoms with Gasteiger partial charge in [0.1, 0.15) is 11.2 Å². The van der Waals surface area contributed by atoms with Crippen LogP contribution in [-0.4, -0.2) is 32.0 Å². The van der Waals surface area contributed by atoms with Gasteiger partial charge in [-0.2, -0.15) is 36.3 Å². The van der Waals surface area contributed by atoms with Crippen LogP contribution in [0, 0.1) is 0 Å². The number of ether oxygens (including phenoxy) is 1. The number of fused-ring (bicyclic) bond motifs is 1. The van der Waals surface area contributed by atoms with E-state index in [9.17, 15) is 26.3 Å². The highest BCUT2D eigenvalue weighted by molar-refractivity contribution is 5.90. The third-order valence-electron chi connectivity index (χ3n) is 4.40. The molecular formula is C20H12F6N6O. The van der Waals surface area contributed by atoms with Crippen molar-refractivity contribution in [3.05, 3.63) is 60.2 Å². The van der Waals surface area contributed by atoms with E-state index >= 15 is 0 Å². The largest absolute Gasteiger partial charge is 0.467 e. The van der Waals surface area contributed by atoms with Crippen LogP contribution in [0.3, 0.4) is 0 Å². The Labute approximate surface area is 181 Å².